The fraction of sp³-hybridized carbons (Fsp3) is 0.0476. The van der Waals surface area contributed by atoms with Crippen LogP contribution in [0.3, 0.4) is 0 Å². The number of nitrogens with zero attached hydrogens (tertiary/aromatic N) is 4. The normalized spacial score (nSPS) is 9.90. The van der Waals surface area contributed by atoms with Gasteiger partial charge in [0.1, 0.15) is 26.9 Å². The molecule has 0 spiro atoms. The molecule has 0 bridgehead atoms. The van der Waals surface area contributed by atoms with E-state index in [0.717, 1.165) is 19.4 Å². The van der Waals surface area contributed by atoms with Gasteiger partial charge in [0, 0.05) is 26.9 Å². The van der Waals surface area contributed by atoms with Gasteiger partial charge in [-0.1, -0.05) is 29.0 Å². The number of pyridine rings is 2. The van der Waals surface area contributed by atoms with Gasteiger partial charge in [-0.3, -0.25) is 0 Å². The molecule has 0 radical (unpaired) electrons. The number of thiophene rings is 1. The zero-order chi connectivity index (χ0) is 21.5. The van der Waals surface area contributed by atoms with Crippen molar-refractivity contribution in [1.82, 2.24) is 9.97 Å². The zero-order valence-electron chi connectivity index (χ0n) is 15.2. The van der Waals surface area contributed by atoms with Crippen molar-refractivity contribution in [3.8, 4) is 12.1 Å². The van der Waals surface area contributed by atoms with Crippen LogP contribution in [0, 0.1) is 32.0 Å². The van der Waals surface area contributed by atoms with Crippen molar-refractivity contribution in [2.45, 2.75) is 6.42 Å². The fourth-order valence-corrected chi connectivity index (χ4v) is 4.13. The first-order valence-corrected chi connectivity index (χ1v) is 10.8. The number of hydrogen-bond acceptors (Lipinski definition) is 6. The third-order valence-electron chi connectivity index (χ3n) is 3.86. The number of benzene rings is 1. The lowest BCUT2D eigenvalue weighted by Gasteiger charge is -2.05. The second-order valence-corrected chi connectivity index (χ2v) is 8.41. The Hall–Kier alpha value is -2.79. The van der Waals surface area contributed by atoms with E-state index in [4.69, 9.17) is 16.9 Å². The predicted octanol–water partition coefficient (Wildman–Crippen LogP) is 6.46. The molecule has 0 aliphatic rings. The molecule has 0 aliphatic heterocycles. The van der Waals surface area contributed by atoms with Gasteiger partial charge in [0.15, 0.2) is 0 Å². The van der Waals surface area contributed by atoms with Crippen LogP contribution in [0.25, 0.3) is 10.2 Å². The second-order valence-electron chi connectivity index (χ2n) is 5.81. The van der Waals surface area contributed by atoms with Crippen molar-refractivity contribution in [2.75, 3.05) is 5.32 Å². The molecule has 1 aromatic carbocycles. The largest absolute Gasteiger partial charge is 0.344 e. The van der Waals surface area contributed by atoms with Crippen molar-refractivity contribution in [3.63, 3.8) is 0 Å². The number of halogens is 3. The molecule has 148 valence electrons. The van der Waals surface area contributed by atoms with E-state index in [1.165, 1.54) is 17.4 Å². The quantitative estimate of drug-likeness (QED) is 0.235. The molecule has 0 unspecified atom stereocenters. The zero-order valence-corrected chi connectivity index (χ0v) is 19.0. The Balaban J connectivity index is 0.000000216. The minimum absolute atomic E-state index is 0.326. The average Bonchev–Trinajstić information content (AvgIpc) is 3.09. The highest BCUT2D eigenvalue weighted by Gasteiger charge is 2.14. The molecule has 4 aromatic rings. The maximum atomic E-state index is 13.9. The summed E-state index contributed by atoms with van der Waals surface area (Å²) in [5, 5.41) is 22.4. The van der Waals surface area contributed by atoms with Crippen molar-refractivity contribution in [1.29, 1.82) is 10.5 Å². The molecule has 3 aromatic heterocycles. The van der Waals surface area contributed by atoms with Crippen LogP contribution >= 0.6 is 45.5 Å². The van der Waals surface area contributed by atoms with E-state index >= 15 is 0 Å². The molecule has 0 aliphatic carbocycles. The number of nitriles is 2. The van der Waals surface area contributed by atoms with E-state index in [0.29, 0.717) is 27.8 Å². The molecule has 5 nitrogen and oxygen atoms in total. The first-order valence-electron chi connectivity index (χ1n) is 8.49. The molecule has 0 amide bonds. The average molecular weight is 548 g/mol. The summed E-state index contributed by atoms with van der Waals surface area (Å²) < 4.78 is 14.7. The third kappa shape index (κ3) is 5.22. The molecule has 0 fully saturated rings. The molecule has 9 heteroatoms. The summed E-state index contributed by atoms with van der Waals surface area (Å²) in [6.07, 6.45) is 3.60. The van der Waals surface area contributed by atoms with E-state index in [2.05, 4.69) is 43.9 Å². The van der Waals surface area contributed by atoms with Gasteiger partial charge in [0.25, 0.3) is 0 Å². The molecular formula is C21H12ClFIN5S. The molecule has 30 heavy (non-hydrogen) atoms. The highest BCUT2D eigenvalue weighted by molar-refractivity contribution is 14.1. The Kier molecular flexibility index (Phi) is 7.52. The number of aromatic nitrogens is 2. The summed E-state index contributed by atoms with van der Waals surface area (Å²) in [5.41, 5.74) is 1.64. The molecule has 1 N–H and O–H groups in total. The Morgan fingerprint density at radius 3 is 2.60 bits per heavy atom. The van der Waals surface area contributed by atoms with Crippen LogP contribution in [-0.2, 0) is 6.42 Å². The minimum Gasteiger partial charge on any atom is -0.344 e. The first-order chi connectivity index (χ1) is 14.5. The van der Waals surface area contributed by atoms with Crippen LogP contribution in [-0.4, -0.2) is 9.97 Å². The van der Waals surface area contributed by atoms with Gasteiger partial charge < -0.3 is 5.32 Å². The second kappa shape index (κ2) is 10.3. The summed E-state index contributed by atoms with van der Waals surface area (Å²) in [7, 11) is 0. The summed E-state index contributed by atoms with van der Waals surface area (Å²) in [6.45, 7) is 0. The number of fused-ring (bicyclic) bond motifs is 1. The maximum Gasteiger partial charge on any atom is 0.147 e. The lowest BCUT2D eigenvalue weighted by molar-refractivity contribution is 0.631. The van der Waals surface area contributed by atoms with E-state index < -0.39 is 0 Å². The predicted molar refractivity (Wildman–Crippen MR) is 125 cm³/mol. The van der Waals surface area contributed by atoms with Gasteiger partial charge in [-0.05, 0) is 59.0 Å². The Labute approximate surface area is 194 Å². The maximum absolute atomic E-state index is 13.9. The van der Waals surface area contributed by atoms with Crippen molar-refractivity contribution in [3.05, 3.63) is 80.5 Å². The summed E-state index contributed by atoms with van der Waals surface area (Å²) in [4.78, 5) is 8.79. The van der Waals surface area contributed by atoms with Crippen molar-refractivity contribution in [2.24, 2.45) is 0 Å². The number of rotatable bonds is 3. The van der Waals surface area contributed by atoms with Gasteiger partial charge in [-0.2, -0.15) is 10.5 Å². The summed E-state index contributed by atoms with van der Waals surface area (Å²) in [6, 6.07) is 16.2. The molecule has 0 atom stereocenters. The van der Waals surface area contributed by atoms with Crippen LogP contribution in [0.1, 0.15) is 11.1 Å². The summed E-state index contributed by atoms with van der Waals surface area (Å²) >= 11 is 9.03. The van der Waals surface area contributed by atoms with E-state index in [1.54, 1.807) is 36.7 Å². The van der Waals surface area contributed by atoms with Crippen molar-refractivity contribution < 1.29 is 4.39 Å². The van der Waals surface area contributed by atoms with Crippen LogP contribution < -0.4 is 5.32 Å². The van der Waals surface area contributed by atoms with Crippen LogP contribution in [0.4, 0.5) is 15.1 Å². The van der Waals surface area contributed by atoms with Crippen LogP contribution in [0.15, 0.2) is 54.9 Å². The standard InChI is InChI=1S/C14H7FIN3S.C7H5ClN2/c15-11-6-8(16)3-4-12(11)19-14-10(7-17)9-2-1-5-18-13(9)20-14;8-7-6(3-4-9)2-1-5-10-7/h1-6,19H;1-2,5H,3H2. The van der Waals surface area contributed by atoms with Gasteiger partial charge in [-0.25, -0.2) is 14.4 Å². The topological polar surface area (TPSA) is 85.4 Å². The molecule has 0 saturated heterocycles. The molecule has 4 rings (SSSR count). The van der Waals surface area contributed by atoms with Crippen LogP contribution in [0.2, 0.25) is 5.15 Å². The Bertz CT molecular complexity index is 1280. The number of anilines is 2. The smallest absolute Gasteiger partial charge is 0.147 e. The molecular weight excluding hydrogens is 536 g/mol. The van der Waals surface area contributed by atoms with E-state index in [1.807, 2.05) is 18.2 Å². The van der Waals surface area contributed by atoms with E-state index in [9.17, 15) is 9.65 Å². The molecule has 0 saturated carbocycles. The van der Waals surface area contributed by atoms with Gasteiger partial charge in [0.2, 0.25) is 0 Å². The highest BCUT2D eigenvalue weighted by Crippen LogP contribution is 2.36. The Morgan fingerprint density at radius 1 is 1.13 bits per heavy atom. The van der Waals surface area contributed by atoms with Gasteiger partial charge in [-0.15, -0.1) is 0 Å². The lowest BCUT2D eigenvalue weighted by Crippen LogP contribution is -1.93. The van der Waals surface area contributed by atoms with Gasteiger partial charge in [0.05, 0.1) is 23.7 Å². The first kappa shape index (κ1) is 21.9. The minimum atomic E-state index is -0.341. The highest BCUT2D eigenvalue weighted by atomic mass is 127. The van der Waals surface area contributed by atoms with E-state index in [-0.39, 0.29) is 5.82 Å². The molecule has 3 heterocycles. The fourth-order valence-electron chi connectivity index (χ4n) is 2.48. The third-order valence-corrected chi connectivity index (χ3v) is 5.90. The number of hydrogen-bond donors (Lipinski definition) is 1. The lowest BCUT2D eigenvalue weighted by atomic mass is 10.2. The monoisotopic (exact) mass is 547 g/mol. The van der Waals surface area contributed by atoms with Crippen LogP contribution in [0.5, 0.6) is 0 Å². The van der Waals surface area contributed by atoms with Gasteiger partial charge >= 0.3 is 0 Å². The SMILES string of the molecule is N#CCc1cccnc1Cl.N#Cc1c(Nc2ccc(I)cc2F)sc2ncccc12. The number of nitrogens with one attached hydrogen (secondary N) is 1. The summed E-state index contributed by atoms with van der Waals surface area (Å²) in [5.74, 6) is -0.341. The Morgan fingerprint density at radius 2 is 1.90 bits per heavy atom. The van der Waals surface area contributed by atoms with Crippen molar-refractivity contribution >= 4 is 66.4 Å².